The molecule has 2 rings (SSSR count). The van der Waals surface area contributed by atoms with Crippen molar-refractivity contribution in [1.82, 2.24) is 10.1 Å². The second-order valence-electron chi connectivity index (χ2n) is 3.32. The number of rotatable bonds is 4. The summed E-state index contributed by atoms with van der Waals surface area (Å²) < 4.78 is 10.6. The van der Waals surface area contributed by atoms with Crippen LogP contribution in [0.1, 0.15) is 25.3 Å². The van der Waals surface area contributed by atoms with E-state index in [1.165, 1.54) is 0 Å². The van der Waals surface area contributed by atoms with E-state index in [9.17, 15) is 0 Å². The molecule has 0 amide bonds. The van der Waals surface area contributed by atoms with E-state index >= 15 is 0 Å². The number of anilines is 1. The first-order valence-corrected chi connectivity index (χ1v) is 6.32. The van der Waals surface area contributed by atoms with Gasteiger partial charge in [0.2, 0.25) is 5.82 Å². The van der Waals surface area contributed by atoms with E-state index in [1.807, 2.05) is 11.8 Å². The molecular weight excluding hydrogens is 214 g/mol. The molecule has 1 unspecified atom stereocenters. The molecule has 1 aliphatic heterocycles. The second-order valence-corrected chi connectivity index (χ2v) is 4.47. The van der Waals surface area contributed by atoms with Crippen LogP contribution in [0.5, 0.6) is 0 Å². The highest BCUT2D eigenvalue weighted by atomic mass is 32.2. The Hall–Kier alpha value is -0.750. The minimum atomic E-state index is -0.00956. The van der Waals surface area contributed by atoms with Crippen LogP contribution in [-0.2, 0) is 4.74 Å². The molecule has 2 heterocycles. The van der Waals surface area contributed by atoms with E-state index < -0.39 is 0 Å². The molecule has 1 aromatic heterocycles. The van der Waals surface area contributed by atoms with Gasteiger partial charge in [0.15, 0.2) is 0 Å². The van der Waals surface area contributed by atoms with E-state index in [-0.39, 0.29) is 6.10 Å². The van der Waals surface area contributed by atoms with Crippen molar-refractivity contribution in [3.05, 3.63) is 5.82 Å². The van der Waals surface area contributed by atoms with Crippen molar-refractivity contribution in [3.8, 4) is 0 Å². The Balaban J connectivity index is 1.93. The summed E-state index contributed by atoms with van der Waals surface area (Å²) in [5.41, 5.74) is 0. The predicted molar refractivity (Wildman–Crippen MR) is 59.1 cm³/mol. The van der Waals surface area contributed by atoms with Crippen LogP contribution < -0.4 is 5.32 Å². The van der Waals surface area contributed by atoms with Crippen LogP contribution in [0.2, 0.25) is 0 Å². The number of thioether (sulfide) groups is 1. The van der Waals surface area contributed by atoms with Crippen molar-refractivity contribution in [2.75, 3.05) is 30.0 Å². The minimum absolute atomic E-state index is 0.00956. The van der Waals surface area contributed by atoms with E-state index in [0.717, 1.165) is 31.1 Å². The maximum Gasteiger partial charge on any atom is 0.321 e. The zero-order chi connectivity index (χ0) is 10.5. The number of aromatic nitrogens is 2. The Bertz CT molecular complexity index is 299. The minimum Gasteiger partial charge on any atom is -0.368 e. The van der Waals surface area contributed by atoms with E-state index in [2.05, 4.69) is 22.4 Å². The van der Waals surface area contributed by atoms with Crippen LogP contribution in [0.25, 0.3) is 0 Å². The molecule has 1 aromatic rings. The average molecular weight is 229 g/mol. The van der Waals surface area contributed by atoms with Gasteiger partial charge in [0.1, 0.15) is 6.10 Å². The van der Waals surface area contributed by atoms with Crippen molar-refractivity contribution in [1.29, 1.82) is 0 Å². The second kappa shape index (κ2) is 5.37. The van der Waals surface area contributed by atoms with Crippen molar-refractivity contribution in [2.45, 2.75) is 19.4 Å². The molecule has 5 nitrogen and oxygen atoms in total. The molecule has 1 N–H and O–H groups in total. The summed E-state index contributed by atoms with van der Waals surface area (Å²) in [6.07, 6.45) is 1.03. The maximum atomic E-state index is 5.55. The van der Waals surface area contributed by atoms with Crippen LogP contribution >= 0.6 is 11.8 Å². The first-order chi connectivity index (χ1) is 7.40. The normalized spacial score (nSPS) is 21.5. The summed E-state index contributed by atoms with van der Waals surface area (Å²) in [4.78, 5) is 4.24. The Labute approximate surface area is 93.0 Å². The average Bonchev–Trinajstić information content (AvgIpc) is 2.76. The van der Waals surface area contributed by atoms with Gasteiger partial charge >= 0.3 is 6.01 Å². The molecule has 1 atom stereocenters. The number of hydrogen-bond donors (Lipinski definition) is 1. The summed E-state index contributed by atoms with van der Waals surface area (Å²) >= 11 is 1.86. The third-order valence-corrected chi connectivity index (χ3v) is 3.07. The predicted octanol–water partition coefficient (Wildman–Crippen LogP) is 1.70. The summed E-state index contributed by atoms with van der Waals surface area (Å²) in [7, 11) is 0. The van der Waals surface area contributed by atoms with Gasteiger partial charge in [-0.2, -0.15) is 16.7 Å². The van der Waals surface area contributed by atoms with Gasteiger partial charge in [-0.25, -0.2) is 0 Å². The first-order valence-electron chi connectivity index (χ1n) is 5.17. The highest BCUT2D eigenvalue weighted by Gasteiger charge is 2.21. The van der Waals surface area contributed by atoms with E-state index in [0.29, 0.717) is 11.8 Å². The Kier molecular flexibility index (Phi) is 3.85. The smallest absolute Gasteiger partial charge is 0.321 e. The zero-order valence-electron chi connectivity index (χ0n) is 8.73. The van der Waals surface area contributed by atoms with Gasteiger partial charge in [-0.3, -0.25) is 0 Å². The fourth-order valence-electron chi connectivity index (χ4n) is 1.31. The number of nitrogens with zero attached hydrogens (tertiary/aromatic N) is 2. The molecule has 0 saturated carbocycles. The third-order valence-electron chi connectivity index (χ3n) is 2.07. The monoisotopic (exact) mass is 229 g/mol. The topological polar surface area (TPSA) is 60.2 Å². The van der Waals surface area contributed by atoms with Crippen molar-refractivity contribution in [2.24, 2.45) is 0 Å². The molecule has 15 heavy (non-hydrogen) atoms. The molecule has 0 spiro atoms. The van der Waals surface area contributed by atoms with Gasteiger partial charge in [-0.1, -0.05) is 12.1 Å². The number of nitrogens with one attached hydrogen (secondary N) is 1. The number of ether oxygens (including phenoxy) is 1. The van der Waals surface area contributed by atoms with Crippen LogP contribution in [0.15, 0.2) is 4.52 Å². The van der Waals surface area contributed by atoms with Crippen LogP contribution in [-0.4, -0.2) is 34.8 Å². The fraction of sp³-hybridized carbons (Fsp3) is 0.778. The van der Waals surface area contributed by atoms with Crippen molar-refractivity contribution in [3.63, 3.8) is 0 Å². The van der Waals surface area contributed by atoms with Crippen LogP contribution in [0.4, 0.5) is 6.01 Å². The molecule has 0 aliphatic carbocycles. The molecule has 0 bridgehead atoms. The molecule has 1 aliphatic rings. The van der Waals surface area contributed by atoms with Gasteiger partial charge < -0.3 is 14.6 Å². The fourth-order valence-corrected chi connectivity index (χ4v) is 2.15. The summed E-state index contributed by atoms with van der Waals surface area (Å²) in [5, 5.41) is 6.96. The standard InChI is InChI=1S/C9H15N3O2S/c1-2-3-10-9-11-8(12-14-9)7-6-15-5-4-13-7/h7H,2-6H2,1H3,(H,10,11,12). The molecule has 0 radical (unpaired) electrons. The third kappa shape index (κ3) is 2.85. The lowest BCUT2D eigenvalue weighted by Gasteiger charge is -2.18. The zero-order valence-corrected chi connectivity index (χ0v) is 9.55. The molecule has 1 fully saturated rings. The molecule has 1 saturated heterocycles. The number of hydrogen-bond acceptors (Lipinski definition) is 6. The summed E-state index contributed by atoms with van der Waals surface area (Å²) in [5.74, 6) is 2.61. The molecule has 0 aromatic carbocycles. The summed E-state index contributed by atoms with van der Waals surface area (Å²) in [6.45, 7) is 3.70. The molecule has 84 valence electrons. The largest absolute Gasteiger partial charge is 0.368 e. The lowest BCUT2D eigenvalue weighted by molar-refractivity contribution is 0.0677. The highest BCUT2D eigenvalue weighted by Crippen LogP contribution is 2.24. The molecule has 6 heteroatoms. The first kappa shape index (κ1) is 10.8. The van der Waals surface area contributed by atoms with Gasteiger partial charge in [0.25, 0.3) is 0 Å². The van der Waals surface area contributed by atoms with Gasteiger partial charge in [0, 0.05) is 18.1 Å². The van der Waals surface area contributed by atoms with E-state index in [1.54, 1.807) is 0 Å². The quantitative estimate of drug-likeness (QED) is 0.848. The SMILES string of the molecule is CCCNc1nc(C2CSCCO2)no1. The lowest BCUT2D eigenvalue weighted by atomic mass is 10.4. The molecular formula is C9H15N3O2S. The van der Waals surface area contributed by atoms with Crippen LogP contribution in [0, 0.1) is 0 Å². The van der Waals surface area contributed by atoms with Crippen molar-refractivity contribution < 1.29 is 9.26 Å². The Morgan fingerprint density at radius 1 is 1.60 bits per heavy atom. The van der Waals surface area contributed by atoms with Gasteiger partial charge in [0.05, 0.1) is 6.61 Å². The van der Waals surface area contributed by atoms with Crippen LogP contribution in [0.3, 0.4) is 0 Å². The van der Waals surface area contributed by atoms with Gasteiger partial charge in [-0.15, -0.1) is 0 Å². The Morgan fingerprint density at radius 3 is 3.27 bits per heavy atom. The highest BCUT2D eigenvalue weighted by molar-refractivity contribution is 7.99. The Morgan fingerprint density at radius 2 is 2.53 bits per heavy atom. The summed E-state index contributed by atoms with van der Waals surface area (Å²) in [6, 6.07) is 0.492. The lowest BCUT2D eigenvalue weighted by Crippen LogP contribution is -2.16. The van der Waals surface area contributed by atoms with Crippen molar-refractivity contribution >= 4 is 17.8 Å². The van der Waals surface area contributed by atoms with E-state index in [4.69, 9.17) is 9.26 Å². The maximum absolute atomic E-state index is 5.55. The van der Waals surface area contributed by atoms with Gasteiger partial charge in [-0.05, 0) is 6.42 Å².